The molecule has 1 aliphatic heterocycles. The van der Waals surface area contributed by atoms with Crippen LogP contribution in [0.3, 0.4) is 0 Å². The molecule has 0 spiro atoms. The highest BCUT2D eigenvalue weighted by atomic mass is 32.2. The van der Waals surface area contributed by atoms with Gasteiger partial charge in [-0.15, -0.1) is 0 Å². The average molecular weight is 304 g/mol. The summed E-state index contributed by atoms with van der Waals surface area (Å²) in [5.41, 5.74) is -1.14. The lowest BCUT2D eigenvalue weighted by molar-refractivity contribution is -0.169. The normalized spacial score (nSPS) is 21.7. The molecule has 1 rings (SSSR count). The van der Waals surface area contributed by atoms with Crippen molar-refractivity contribution in [2.75, 3.05) is 11.5 Å². The van der Waals surface area contributed by atoms with Crippen molar-refractivity contribution in [2.24, 2.45) is 11.3 Å². The fourth-order valence-electron chi connectivity index (χ4n) is 2.44. The summed E-state index contributed by atoms with van der Waals surface area (Å²) in [6.07, 6.45) is 2.43. The third kappa shape index (κ3) is 5.08. The first kappa shape index (κ1) is 17.5. The molecule has 0 aromatic rings. The van der Waals surface area contributed by atoms with E-state index in [0.29, 0.717) is 18.8 Å². The van der Waals surface area contributed by atoms with Crippen LogP contribution in [0.15, 0.2) is 0 Å². The third-order valence-corrected chi connectivity index (χ3v) is 5.47. The van der Waals surface area contributed by atoms with E-state index in [0.717, 1.165) is 12.8 Å². The van der Waals surface area contributed by atoms with E-state index in [1.165, 1.54) is 0 Å². The van der Waals surface area contributed by atoms with Crippen molar-refractivity contribution < 1.29 is 17.9 Å². The van der Waals surface area contributed by atoms with E-state index >= 15 is 0 Å². The van der Waals surface area contributed by atoms with Crippen molar-refractivity contribution >= 4 is 15.8 Å². The largest absolute Gasteiger partial charge is 0.460 e. The molecular weight excluding hydrogens is 276 g/mol. The lowest BCUT2D eigenvalue weighted by Crippen LogP contribution is -2.43. The molecule has 1 fully saturated rings. The summed E-state index contributed by atoms with van der Waals surface area (Å²) in [6, 6.07) is 0. The molecular formula is C15H28O4S. The van der Waals surface area contributed by atoms with Gasteiger partial charge in [0.25, 0.3) is 0 Å². The van der Waals surface area contributed by atoms with Crippen LogP contribution in [0.1, 0.15) is 60.3 Å². The zero-order chi connectivity index (χ0) is 15.6. The zero-order valence-corrected chi connectivity index (χ0v) is 14.2. The number of hydrogen-bond acceptors (Lipinski definition) is 4. The summed E-state index contributed by atoms with van der Waals surface area (Å²) >= 11 is 0. The summed E-state index contributed by atoms with van der Waals surface area (Å²) in [4.78, 5) is 12.5. The van der Waals surface area contributed by atoms with Crippen molar-refractivity contribution in [2.45, 2.75) is 65.9 Å². The smallest absolute Gasteiger partial charge is 0.312 e. The monoisotopic (exact) mass is 304 g/mol. The molecule has 0 aliphatic carbocycles. The lowest BCUT2D eigenvalue weighted by Gasteiger charge is -2.37. The zero-order valence-electron chi connectivity index (χ0n) is 13.4. The van der Waals surface area contributed by atoms with Gasteiger partial charge < -0.3 is 4.74 Å². The second-order valence-electron chi connectivity index (χ2n) is 7.37. The van der Waals surface area contributed by atoms with E-state index in [1.54, 1.807) is 0 Å². The fraction of sp³-hybridized carbons (Fsp3) is 0.933. The Morgan fingerprint density at radius 3 is 2.10 bits per heavy atom. The van der Waals surface area contributed by atoms with Crippen LogP contribution in [0.2, 0.25) is 0 Å². The number of carbonyl (C=O) groups excluding carboxylic acids is 1. The molecule has 0 aromatic heterocycles. The minimum absolute atomic E-state index is 0.102. The molecule has 118 valence electrons. The molecule has 1 aliphatic rings. The Labute approximate surface area is 123 Å². The standard InChI is InChI=1S/C15H28O4S/c1-12(2)6-7-15(13(16)19-14(3,4)5)8-10-20(17,18)11-9-15/h12H,6-11H2,1-5H3. The molecule has 5 heteroatoms. The predicted molar refractivity (Wildman–Crippen MR) is 80.2 cm³/mol. The van der Waals surface area contributed by atoms with E-state index in [4.69, 9.17) is 4.74 Å². The Bertz CT molecular complexity index is 429. The summed E-state index contributed by atoms with van der Waals surface area (Å²) in [5.74, 6) is 0.475. The number of ether oxygens (including phenoxy) is 1. The predicted octanol–water partition coefficient (Wildman–Crippen LogP) is 2.96. The topological polar surface area (TPSA) is 60.4 Å². The average Bonchev–Trinajstić information content (AvgIpc) is 2.25. The van der Waals surface area contributed by atoms with Crippen LogP contribution in [0, 0.1) is 11.3 Å². The van der Waals surface area contributed by atoms with Crippen molar-refractivity contribution in [3.8, 4) is 0 Å². The van der Waals surface area contributed by atoms with Gasteiger partial charge in [-0.3, -0.25) is 4.79 Å². The Morgan fingerprint density at radius 1 is 1.20 bits per heavy atom. The van der Waals surface area contributed by atoms with Gasteiger partial charge in [0.1, 0.15) is 15.4 Å². The molecule has 4 nitrogen and oxygen atoms in total. The number of sulfone groups is 1. The molecule has 0 bridgehead atoms. The summed E-state index contributed by atoms with van der Waals surface area (Å²) < 4.78 is 28.8. The lowest BCUT2D eigenvalue weighted by atomic mass is 9.76. The molecule has 0 saturated carbocycles. The van der Waals surface area contributed by atoms with Crippen molar-refractivity contribution in [3.63, 3.8) is 0 Å². The van der Waals surface area contributed by atoms with Gasteiger partial charge in [0.2, 0.25) is 0 Å². The number of rotatable bonds is 4. The van der Waals surface area contributed by atoms with Crippen LogP contribution in [0.4, 0.5) is 0 Å². The minimum Gasteiger partial charge on any atom is -0.460 e. The first-order valence-electron chi connectivity index (χ1n) is 7.40. The van der Waals surface area contributed by atoms with Crippen LogP contribution in [0.5, 0.6) is 0 Å². The van der Waals surface area contributed by atoms with E-state index in [-0.39, 0.29) is 17.5 Å². The molecule has 0 amide bonds. The molecule has 0 aromatic carbocycles. The second kappa shape index (κ2) is 6.04. The van der Waals surface area contributed by atoms with Gasteiger partial charge in [0, 0.05) is 0 Å². The van der Waals surface area contributed by atoms with Crippen molar-refractivity contribution in [1.29, 1.82) is 0 Å². The molecule has 0 radical (unpaired) electrons. The van der Waals surface area contributed by atoms with Crippen LogP contribution in [0.25, 0.3) is 0 Å². The van der Waals surface area contributed by atoms with Gasteiger partial charge in [-0.1, -0.05) is 13.8 Å². The highest BCUT2D eigenvalue weighted by Crippen LogP contribution is 2.40. The van der Waals surface area contributed by atoms with Gasteiger partial charge in [0.15, 0.2) is 0 Å². The summed E-state index contributed by atoms with van der Waals surface area (Å²) in [6.45, 7) is 9.77. The van der Waals surface area contributed by atoms with Crippen LogP contribution in [-0.4, -0.2) is 31.5 Å². The van der Waals surface area contributed by atoms with E-state index in [2.05, 4.69) is 13.8 Å². The van der Waals surface area contributed by atoms with Gasteiger partial charge in [0.05, 0.1) is 16.9 Å². The summed E-state index contributed by atoms with van der Waals surface area (Å²) in [5, 5.41) is 0. The maximum atomic E-state index is 12.5. The van der Waals surface area contributed by atoms with Crippen molar-refractivity contribution in [1.82, 2.24) is 0 Å². The fourth-order valence-corrected chi connectivity index (χ4v) is 4.04. The highest BCUT2D eigenvalue weighted by Gasteiger charge is 2.45. The maximum absolute atomic E-state index is 12.5. The molecule has 1 saturated heterocycles. The van der Waals surface area contributed by atoms with Crippen molar-refractivity contribution in [3.05, 3.63) is 0 Å². The Kier molecular flexibility index (Phi) is 5.28. The number of hydrogen-bond donors (Lipinski definition) is 0. The molecule has 0 N–H and O–H groups in total. The minimum atomic E-state index is -2.98. The first-order chi connectivity index (χ1) is 8.96. The SMILES string of the molecule is CC(C)CCC1(C(=O)OC(C)(C)C)CCS(=O)(=O)CC1. The maximum Gasteiger partial charge on any atom is 0.312 e. The van der Waals surface area contributed by atoms with Gasteiger partial charge in [-0.2, -0.15) is 0 Å². The Hall–Kier alpha value is -0.580. The third-order valence-electron chi connectivity index (χ3n) is 3.82. The van der Waals surface area contributed by atoms with Crippen LogP contribution < -0.4 is 0 Å². The van der Waals surface area contributed by atoms with Gasteiger partial charge >= 0.3 is 5.97 Å². The van der Waals surface area contributed by atoms with Gasteiger partial charge in [-0.25, -0.2) is 8.42 Å². The first-order valence-corrected chi connectivity index (χ1v) is 9.22. The van der Waals surface area contributed by atoms with Crippen LogP contribution >= 0.6 is 0 Å². The molecule has 20 heavy (non-hydrogen) atoms. The Morgan fingerprint density at radius 2 is 1.70 bits per heavy atom. The Balaban J connectivity index is 2.88. The molecule has 0 atom stereocenters. The quantitative estimate of drug-likeness (QED) is 0.749. The number of esters is 1. The highest BCUT2D eigenvalue weighted by molar-refractivity contribution is 7.91. The molecule has 0 unspecified atom stereocenters. The second-order valence-corrected chi connectivity index (χ2v) is 9.67. The summed E-state index contributed by atoms with van der Waals surface area (Å²) in [7, 11) is -2.98. The van der Waals surface area contributed by atoms with Crippen LogP contribution in [-0.2, 0) is 19.4 Å². The van der Waals surface area contributed by atoms with E-state index in [1.807, 2.05) is 20.8 Å². The van der Waals surface area contributed by atoms with E-state index in [9.17, 15) is 13.2 Å². The van der Waals surface area contributed by atoms with E-state index < -0.39 is 20.9 Å². The number of carbonyl (C=O) groups is 1. The molecule has 1 heterocycles. The van der Waals surface area contributed by atoms with Gasteiger partial charge in [-0.05, 0) is 52.4 Å².